The number of aliphatic hydroxyl groups excluding tert-OH is 1. The van der Waals surface area contributed by atoms with Gasteiger partial charge in [-0.1, -0.05) is 5.21 Å². The van der Waals surface area contributed by atoms with Gasteiger partial charge in [0.15, 0.2) is 4.60 Å². The normalized spacial score (nSPS) is 19.9. The van der Waals surface area contributed by atoms with E-state index in [9.17, 15) is 8.42 Å². The number of halogens is 1. The monoisotopic (exact) mass is 367 g/mol. The number of hydrogen-bond donors (Lipinski definition) is 2. The van der Waals surface area contributed by atoms with Crippen LogP contribution in [0.15, 0.2) is 9.63 Å². The molecule has 10 heteroatoms. The van der Waals surface area contributed by atoms with E-state index in [4.69, 9.17) is 5.11 Å². The lowest BCUT2D eigenvalue weighted by Crippen LogP contribution is -2.43. The van der Waals surface area contributed by atoms with Gasteiger partial charge < -0.3 is 10.4 Å². The minimum atomic E-state index is -3.74. The maximum atomic E-state index is 12.7. The second kappa shape index (κ2) is 6.48. The van der Waals surface area contributed by atoms with Crippen molar-refractivity contribution in [2.45, 2.75) is 23.9 Å². The summed E-state index contributed by atoms with van der Waals surface area (Å²) in [7, 11) is -2.22. The van der Waals surface area contributed by atoms with Crippen LogP contribution in [0.2, 0.25) is 0 Å². The van der Waals surface area contributed by atoms with Crippen molar-refractivity contribution in [2.24, 2.45) is 7.05 Å². The lowest BCUT2D eigenvalue weighted by atomic mass is 10.2. The molecule has 1 unspecified atom stereocenters. The van der Waals surface area contributed by atoms with Gasteiger partial charge in [-0.05, 0) is 35.3 Å². The fourth-order valence-corrected chi connectivity index (χ4v) is 4.81. The molecule has 2 N–H and O–H groups in total. The molecule has 20 heavy (non-hydrogen) atoms. The van der Waals surface area contributed by atoms with Crippen LogP contribution in [-0.4, -0.2) is 65.1 Å². The number of aryl methyl sites for hydroxylation is 1. The Morgan fingerprint density at radius 3 is 2.85 bits per heavy atom. The van der Waals surface area contributed by atoms with E-state index in [1.807, 2.05) is 0 Å². The third-order valence-electron chi connectivity index (χ3n) is 3.26. The summed E-state index contributed by atoms with van der Waals surface area (Å²) in [5.74, 6) is 0. The predicted octanol–water partition coefficient (Wildman–Crippen LogP) is -0.687. The minimum absolute atomic E-state index is 0.00365. The van der Waals surface area contributed by atoms with E-state index < -0.39 is 10.0 Å². The summed E-state index contributed by atoms with van der Waals surface area (Å²) in [5, 5.41) is 19.8. The third-order valence-corrected chi connectivity index (χ3v) is 6.01. The zero-order valence-corrected chi connectivity index (χ0v) is 13.6. The van der Waals surface area contributed by atoms with Gasteiger partial charge >= 0.3 is 0 Å². The van der Waals surface area contributed by atoms with Crippen LogP contribution in [0.4, 0.5) is 0 Å². The smallest absolute Gasteiger partial charge is 0.263 e. The first-order valence-corrected chi connectivity index (χ1v) is 8.59. The Balaban J connectivity index is 2.27. The van der Waals surface area contributed by atoms with Crippen LogP contribution >= 0.6 is 15.9 Å². The molecule has 2 rings (SSSR count). The summed E-state index contributed by atoms with van der Waals surface area (Å²) in [6.07, 6.45) is 1.97. The molecule has 114 valence electrons. The number of nitrogens with zero attached hydrogens (tertiary/aromatic N) is 4. The molecule has 8 nitrogen and oxygen atoms in total. The van der Waals surface area contributed by atoms with Gasteiger partial charge in [-0.25, -0.2) is 13.1 Å². The first-order valence-electron chi connectivity index (χ1n) is 6.36. The molecule has 0 saturated carbocycles. The van der Waals surface area contributed by atoms with Gasteiger partial charge in [0.1, 0.15) is 0 Å². The fraction of sp³-hybridized carbons (Fsp3) is 0.800. The summed E-state index contributed by atoms with van der Waals surface area (Å²) in [6, 6.07) is 0.122. The van der Waals surface area contributed by atoms with Gasteiger partial charge in [-0.15, -0.1) is 5.10 Å². The van der Waals surface area contributed by atoms with Crippen molar-refractivity contribution in [2.75, 3.05) is 26.2 Å². The van der Waals surface area contributed by atoms with Crippen LogP contribution in [-0.2, 0) is 17.1 Å². The molecule has 0 radical (unpaired) electrons. The first kappa shape index (κ1) is 15.8. The average Bonchev–Trinajstić information content (AvgIpc) is 2.99. The Morgan fingerprint density at radius 1 is 1.60 bits per heavy atom. The zero-order chi connectivity index (χ0) is 14.8. The number of sulfonamides is 1. The maximum absolute atomic E-state index is 12.7. The minimum Gasteiger partial charge on any atom is -0.395 e. The van der Waals surface area contributed by atoms with Gasteiger partial charge in [0.25, 0.3) is 10.0 Å². The number of nitrogens with one attached hydrogen (secondary N) is 1. The zero-order valence-electron chi connectivity index (χ0n) is 11.2. The Labute approximate surface area is 126 Å². The van der Waals surface area contributed by atoms with Crippen molar-refractivity contribution in [3.8, 4) is 0 Å². The second-order valence-electron chi connectivity index (χ2n) is 4.69. The van der Waals surface area contributed by atoms with E-state index in [0.717, 1.165) is 19.4 Å². The molecule has 1 aliphatic heterocycles. The molecule has 2 heterocycles. The average molecular weight is 368 g/mol. The molecular formula is C10H18BrN5O3S. The molecule has 0 aliphatic carbocycles. The standard InChI is InChI=1S/C10H18BrN5O3S/c1-15-10(9(11)13-14-15)20(18,19)16(5-6-17)7-8-3-2-4-12-8/h8,12,17H,2-7H2,1H3. The van der Waals surface area contributed by atoms with Crippen LogP contribution < -0.4 is 5.32 Å². The van der Waals surface area contributed by atoms with Gasteiger partial charge in [0.2, 0.25) is 5.03 Å². The highest BCUT2D eigenvalue weighted by Gasteiger charge is 2.32. The van der Waals surface area contributed by atoms with E-state index in [1.54, 1.807) is 0 Å². The van der Waals surface area contributed by atoms with Crippen molar-refractivity contribution in [1.82, 2.24) is 24.6 Å². The summed E-state index contributed by atoms with van der Waals surface area (Å²) in [5.41, 5.74) is 0. The van der Waals surface area contributed by atoms with Crippen LogP contribution in [0, 0.1) is 0 Å². The Morgan fingerprint density at radius 2 is 2.35 bits per heavy atom. The lowest BCUT2D eigenvalue weighted by molar-refractivity contribution is 0.245. The van der Waals surface area contributed by atoms with Crippen LogP contribution in [0.3, 0.4) is 0 Å². The van der Waals surface area contributed by atoms with Crippen LogP contribution in [0.1, 0.15) is 12.8 Å². The maximum Gasteiger partial charge on any atom is 0.263 e. The van der Waals surface area contributed by atoms with E-state index in [0.29, 0.717) is 6.54 Å². The van der Waals surface area contributed by atoms with Crippen molar-refractivity contribution < 1.29 is 13.5 Å². The highest BCUT2D eigenvalue weighted by Crippen LogP contribution is 2.23. The molecule has 1 atom stereocenters. The molecule has 0 spiro atoms. The Bertz CT molecular complexity index is 536. The molecule has 0 amide bonds. The van der Waals surface area contributed by atoms with Crippen molar-refractivity contribution >= 4 is 26.0 Å². The first-order chi connectivity index (χ1) is 9.46. The van der Waals surface area contributed by atoms with Gasteiger partial charge in [-0.2, -0.15) is 4.31 Å². The van der Waals surface area contributed by atoms with E-state index in [1.165, 1.54) is 16.0 Å². The van der Waals surface area contributed by atoms with Crippen LogP contribution in [0.5, 0.6) is 0 Å². The van der Waals surface area contributed by atoms with Gasteiger partial charge in [-0.3, -0.25) is 0 Å². The highest BCUT2D eigenvalue weighted by molar-refractivity contribution is 9.10. The number of hydrogen-bond acceptors (Lipinski definition) is 6. The van der Waals surface area contributed by atoms with Crippen LogP contribution in [0.25, 0.3) is 0 Å². The Hall–Kier alpha value is -0.550. The van der Waals surface area contributed by atoms with Gasteiger partial charge in [0, 0.05) is 26.2 Å². The predicted molar refractivity (Wildman–Crippen MR) is 75.6 cm³/mol. The Kier molecular flexibility index (Phi) is 5.13. The van der Waals surface area contributed by atoms with E-state index in [-0.39, 0.29) is 28.8 Å². The van der Waals surface area contributed by atoms with E-state index >= 15 is 0 Å². The fourth-order valence-electron chi connectivity index (χ4n) is 2.30. The number of rotatable bonds is 6. The van der Waals surface area contributed by atoms with E-state index in [2.05, 4.69) is 31.6 Å². The SMILES string of the molecule is Cn1nnc(Br)c1S(=O)(=O)N(CCO)CC1CCCN1. The largest absolute Gasteiger partial charge is 0.395 e. The summed E-state index contributed by atoms with van der Waals surface area (Å²) < 4.78 is 28.0. The number of aliphatic hydroxyl groups is 1. The molecule has 1 aliphatic rings. The summed E-state index contributed by atoms with van der Waals surface area (Å²) in [6.45, 7) is 1.06. The third kappa shape index (κ3) is 3.19. The topological polar surface area (TPSA) is 100 Å². The quantitative estimate of drug-likeness (QED) is 0.690. The van der Waals surface area contributed by atoms with Crippen molar-refractivity contribution in [3.63, 3.8) is 0 Å². The molecule has 0 bridgehead atoms. The molecule has 1 aromatic rings. The number of aromatic nitrogens is 3. The highest BCUT2D eigenvalue weighted by atomic mass is 79.9. The van der Waals surface area contributed by atoms with Crippen molar-refractivity contribution in [3.05, 3.63) is 4.60 Å². The summed E-state index contributed by atoms with van der Waals surface area (Å²) in [4.78, 5) is 0. The second-order valence-corrected chi connectivity index (χ2v) is 7.29. The molecular weight excluding hydrogens is 350 g/mol. The summed E-state index contributed by atoms with van der Waals surface area (Å²) >= 11 is 3.11. The lowest BCUT2D eigenvalue weighted by Gasteiger charge is -2.24. The molecule has 1 fully saturated rings. The molecule has 0 aromatic carbocycles. The molecule has 1 aromatic heterocycles. The molecule has 1 saturated heterocycles. The van der Waals surface area contributed by atoms with Gasteiger partial charge in [0.05, 0.1) is 6.61 Å². The van der Waals surface area contributed by atoms with Crippen molar-refractivity contribution in [1.29, 1.82) is 0 Å².